The van der Waals surface area contributed by atoms with Crippen LogP contribution in [0.25, 0.3) is 89.1 Å². The Labute approximate surface area is 347 Å². The first-order valence-electron chi connectivity index (χ1n) is 20.1. The fraction of sp³-hybridized carbons (Fsp3) is 0. The maximum absolute atomic E-state index is 6.91. The number of furan rings is 1. The van der Waals surface area contributed by atoms with Crippen molar-refractivity contribution in [2.45, 2.75) is 0 Å². The second-order valence-electron chi connectivity index (χ2n) is 14.8. The Balaban J connectivity index is 1.08. The fourth-order valence-electron chi connectivity index (χ4n) is 8.13. The van der Waals surface area contributed by atoms with E-state index in [1.54, 1.807) is 0 Å². The Morgan fingerprint density at radius 1 is 0.300 bits per heavy atom. The normalized spacial score (nSPS) is 11.3. The van der Waals surface area contributed by atoms with Crippen LogP contribution in [0.2, 0.25) is 0 Å². The van der Waals surface area contributed by atoms with E-state index >= 15 is 0 Å². The van der Waals surface area contributed by atoms with Gasteiger partial charge in [-0.1, -0.05) is 164 Å². The molecule has 0 radical (unpaired) electrons. The summed E-state index contributed by atoms with van der Waals surface area (Å²) in [6.07, 6.45) is 0. The zero-order valence-electron chi connectivity index (χ0n) is 32.5. The molecule has 282 valence electrons. The molecule has 2 aromatic heterocycles. The molecule has 0 aliphatic rings. The molecule has 11 aromatic rings. The van der Waals surface area contributed by atoms with Crippen molar-refractivity contribution in [2.24, 2.45) is 0 Å². The maximum Gasteiger partial charge on any atom is 0.167 e. The molecule has 0 atom stereocenters. The van der Waals surface area contributed by atoms with Gasteiger partial charge in [0.25, 0.3) is 0 Å². The third-order valence-corrected chi connectivity index (χ3v) is 11.1. The van der Waals surface area contributed by atoms with Crippen molar-refractivity contribution in [3.63, 3.8) is 0 Å². The first kappa shape index (κ1) is 35.0. The number of nitrogens with zero attached hydrogens (tertiary/aromatic N) is 4. The molecule has 0 N–H and O–H groups in total. The molecule has 11 rings (SSSR count). The third-order valence-electron chi connectivity index (χ3n) is 11.1. The zero-order chi connectivity index (χ0) is 39.8. The molecule has 0 spiro atoms. The summed E-state index contributed by atoms with van der Waals surface area (Å²) in [6.45, 7) is 0. The summed E-state index contributed by atoms with van der Waals surface area (Å²) in [5, 5.41) is 4.22. The molecule has 0 aliphatic carbocycles. The van der Waals surface area contributed by atoms with E-state index in [4.69, 9.17) is 19.4 Å². The second kappa shape index (κ2) is 15.0. The molecule has 5 heteroatoms. The molecule has 2 heterocycles. The van der Waals surface area contributed by atoms with Crippen molar-refractivity contribution in [2.75, 3.05) is 4.90 Å². The summed E-state index contributed by atoms with van der Waals surface area (Å²) in [5.41, 5.74) is 11.9. The van der Waals surface area contributed by atoms with Gasteiger partial charge in [-0.05, 0) is 82.2 Å². The van der Waals surface area contributed by atoms with Crippen LogP contribution < -0.4 is 4.90 Å². The lowest BCUT2D eigenvalue weighted by Gasteiger charge is -2.26. The molecule has 0 aliphatic heterocycles. The van der Waals surface area contributed by atoms with Gasteiger partial charge in [0.15, 0.2) is 17.5 Å². The van der Waals surface area contributed by atoms with Gasteiger partial charge in [0.1, 0.15) is 11.2 Å². The Morgan fingerprint density at radius 2 is 0.767 bits per heavy atom. The van der Waals surface area contributed by atoms with E-state index in [2.05, 4.69) is 157 Å². The van der Waals surface area contributed by atoms with Crippen molar-refractivity contribution < 1.29 is 4.42 Å². The highest BCUT2D eigenvalue weighted by molar-refractivity contribution is 6.18. The van der Waals surface area contributed by atoms with Crippen molar-refractivity contribution in [3.8, 4) is 56.4 Å². The number of aromatic nitrogens is 3. The number of rotatable bonds is 8. The second-order valence-corrected chi connectivity index (χ2v) is 14.8. The quantitative estimate of drug-likeness (QED) is 0.154. The summed E-state index contributed by atoms with van der Waals surface area (Å²) in [7, 11) is 0. The molecular formula is C55H36N4O. The molecule has 0 fully saturated rings. The summed E-state index contributed by atoms with van der Waals surface area (Å²) in [4.78, 5) is 17.6. The summed E-state index contributed by atoms with van der Waals surface area (Å²) in [6, 6.07) is 75.8. The standard InChI is InChI=1S/C55H36N4O/c1-5-15-37(16-6-1)38-25-30-45(31-26-38)59(44-22-11-4-12-23-44)46-32-27-39(28-33-46)43-35-49-48-34-29-40-17-13-14-24-47(40)51(48)60-52(49)50(36-43)55-57-53(41-18-7-2-8-19-41)56-54(58-55)42-20-9-3-10-21-42/h1-36H. The first-order chi connectivity index (χ1) is 29.7. The fourth-order valence-corrected chi connectivity index (χ4v) is 8.13. The Kier molecular flexibility index (Phi) is 8.75. The van der Waals surface area contributed by atoms with Gasteiger partial charge in [-0.25, -0.2) is 15.0 Å². The van der Waals surface area contributed by atoms with Crippen LogP contribution in [0.3, 0.4) is 0 Å². The van der Waals surface area contributed by atoms with Crippen molar-refractivity contribution in [3.05, 3.63) is 218 Å². The molecule has 0 unspecified atom stereocenters. The number of benzene rings is 9. The van der Waals surface area contributed by atoms with Crippen LogP contribution in [0.5, 0.6) is 0 Å². The largest absolute Gasteiger partial charge is 0.455 e. The van der Waals surface area contributed by atoms with Crippen molar-refractivity contribution in [1.82, 2.24) is 15.0 Å². The van der Waals surface area contributed by atoms with Gasteiger partial charge in [0, 0.05) is 44.3 Å². The molecule has 0 bridgehead atoms. The third kappa shape index (κ3) is 6.45. The molecule has 0 saturated heterocycles. The summed E-state index contributed by atoms with van der Waals surface area (Å²) >= 11 is 0. The Morgan fingerprint density at radius 3 is 1.37 bits per heavy atom. The molecule has 0 amide bonds. The number of hydrogen-bond acceptors (Lipinski definition) is 5. The van der Waals surface area contributed by atoms with E-state index in [1.165, 1.54) is 11.1 Å². The first-order valence-corrected chi connectivity index (χ1v) is 20.1. The minimum atomic E-state index is 0.545. The van der Waals surface area contributed by atoms with E-state index in [1.807, 2.05) is 66.7 Å². The lowest BCUT2D eigenvalue weighted by molar-refractivity contribution is 0.673. The van der Waals surface area contributed by atoms with E-state index in [9.17, 15) is 0 Å². The molecule has 60 heavy (non-hydrogen) atoms. The number of fused-ring (bicyclic) bond motifs is 5. The van der Waals surface area contributed by atoms with Gasteiger partial charge in [-0.15, -0.1) is 0 Å². The summed E-state index contributed by atoms with van der Waals surface area (Å²) < 4.78 is 6.91. The minimum absolute atomic E-state index is 0.545. The number of hydrogen-bond donors (Lipinski definition) is 0. The predicted molar refractivity (Wildman–Crippen MR) is 246 cm³/mol. The highest BCUT2D eigenvalue weighted by Crippen LogP contribution is 2.43. The highest BCUT2D eigenvalue weighted by atomic mass is 16.3. The molecule has 9 aromatic carbocycles. The Bertz CT molecular complexity index is 3220. The van der Waals surface area contributed by atoms with Gasteiger partial charge < -0.3 is 9.32 Å². The topological polar surface area (TPSA) is 55.1 Å². The van der Waals surface area contributed by atoms with E-state index < -0.39 is 0 Å². The van der Waals surface area contributed by atoms with Crippen LogP contribution in [0, 0.1) is 0 Å². The van der Waals surface area contributed by atoms with E-state index in [0.29, 0.717) is 17.5 Å². The SMILES string of the molecule is c1ccc(-c2ccc(N(c3ccccc3)c3ccc(-c4cc(-c5nc(-c6ccccc6)nc(-c6ccccc6)n5)c5oc6c7ccccc7ccc6c5c4)cc3)cc2)cc1. The average molecular weight is 769 g/mol. The Hall–Kier alpha value is -8.15. The molecular weight excluding hydrogens is 733 g/mol. The van der Waals surface area contributed by atoms with Crippen LogP contribution in [-0.4, -0.2) is 15.0 Å². The monoisotopic (exact) mass is 768 g/mol. The van der Waals surface area contributed by atoms with Gasteiger partial charge >= 0.3 is 0 Å². The van der Waals surface area contributed by atoms with Gasteiger partial charge in [-0.3, -0.25) is 0 Å². The maximum atomic E-state index is 6.91. The van der Waals surface area contributed by atoms with Crippen molar-refractivity contribution in [1.29, 1.82) is 0 Å². The minimum Gasteiger partial charge on any atom is -0.455 e. The van der Waals surface area contributed by atoms with Crippen LogP contribution in [0.1, 0.15) is 0 Å². The van der Waals surface area contributed by atoms with Crippen LogP contribution in [-0.2, 0) is 0 Å². The predicted octanol–water partition coefficient (Wildman–Crippen LogP) is 14.7. The smallest absolute Gasteiger partial charge is 0.167 e. The lowest BCUT2D eigenvalue weighted by Crippen LogP contribution is -2.09. The lowest BCUT2D eigenvalue weighted by atomic mass is 9.97. The average Bonchev–Trinajstić information content (AvgIpc) is 3.72. The zero-order valence-corrected chi connectivity index (χ0v) is 32.5. The number of para-hydroxylation sites is 1. The van der Waals surface area contributed by atoms with E-state index in [-0.39, 0.29) is 0 Å². The van der Waals surface area contributed by atoms with Gasteiger partial charge in [0.2, 0.25) is 0 Å². The molecule has 0 saturated carbocycles. The van der Waals surface area contributed by atoms with Crippen molar-refractivity contribution >= 4 is 49.8 Å². The van der Waals surface area contributed by atoms with Gasteiger partial charge in [-0.2, -0.15) is 0 Å². The highest BCUT2D eigenvalue weighted by Gasteiger charge is 2.21. The van der Waals surface area contributed by atoms with Crippen LogP contribution in [0.15, 0.2) is 223 Å². The van der Waals surface area contributed by atoms with Crippen LogP contribution in [0.4, 0.5) is 17.1 Å². The van der Waals surface area contributed by atoms with Crippen LogP contribution >= 0.6 is 0 Å². The molecule has 5 nitrogen and oxygen atoms in total. The van der Waals surface area contributed by atoms with Gasteiger partial charge in [0.05, 0.1) is 5.56 Å². The summed E-state index contributed by atoms with van der Waals surface area (Å²) in [5.74, 6) is 1.74. The number of anilines is 3. The van der Waals surface area contributed by atoms with E-state index in [0.717, 1.165) is 77.6 Å².